The number of rotatable bonds is 15. The maximum absolute atomic E-state index is 12.2. The Labute approximate surface area is 162 Å². The molecule has 0 radical (unpaired) electrons. The van der Waals surface area contributed by atoms with E-state index in [1.54, 1.807) is 0 Å². The van der Waals surface area contributed by atoms with Gasteiger partial charge in [0, 0.05) is 25.6 Å². The topological polar surface area (TPSA) is 93.3 Å². The van der Waals surface area contributed by atoms with Crippen molar-refractivity contribution in [2.45, 2.75) is 78.3 Å². The van der Waals surface area contributed by atoms with Crippen LogP contribution < -0.4 is 5.32 Å². The maximum Gasteiger partial charge on any atom is 0.306 e. The van der Waals surface area contributed by atoms with E-state index in [9.17, 15) is 14.9 Å². The summed E-state index contributed by atoms with van der Waals surface area (Å²) in [5, 5.41) is 17.6. The Bertz CT molecular complexity index is 551. The molecule has 1 atom stereocenters. The molecule has 0 fully saturated rings. The zero-order chi connectivity index (χ0) is 20.1. The number of nitrogens with one attached hydrogen (secondary N) is 1. The van der Waals surface area contributed by atoms with E-state index < -0.39 is 4.92 Å². The zero-order valence-electron chi connectivity index (χ0n) is 17.0. The standard InChI is InChI=1S/C19H35N5O3/c1-4-6-8-11-22(12-9-7-5-2)15-17(3)21-19(25)10-13-23-16-18(14-20-23)24(26)27/h14,16-17H,4-13,15H2,1-3H3,(H,21,25)/t17-/m1/s1. The van der Waals surface area contributed by atoms with Crippen LogP contribution in [0.2, 0.25) is 0 Å². The molecule has 8 nitrogen and oxygen atoms in total. The van der Waals surface area contributed by atoms with Gasteiger partial charge < -0.3 is 10.2 Å². The van der Waals surface area contributed by atoms with Crippen LogP contribution in [0, 0.1) is 10.1 Å². The zero-order valence-corrected chi connectivity index (χ0v) is 17.0. The number of amides is 1. The molecular weight excluding hydrogens is 346 g/mol. The smallest absolute Gasteiger partial charge is 0.306 e. The van der Waals surface area contributed by atoms with Gasteiger partial charge in [0.25, 0.3) is 0 Å². The van der Waals surface area contributed by atoms with Gasteiger partial charge in [-0.05, 0) is 32.9 Å². The quantitative estimate of drug-likeness (QED) is 0.286. The molecule has 1 N–H and O–H groups in total. The van der Waals surface area contributed by atoms with Gasteiger partial charge in [-0.15, -0.1) is 0 Å². The largest absolute Gasteiger partial charge is 0.352 e. The van der Waals surface area contributed by atoms with Gasteiger partial charge in [-0.1, -0.05) is 39.5 Å². The molecule has 0 spiro atoms. The summed E-state index contributed by atoms with van der Waals surface area (Å²) >= 11 is 0. The SMILES string of the molecule is CCCCCN(CCCCC)C[C@@H](C)NC(=O)CCn1cc([N+](=O)[O-])cn1. The van der Waals surface area contributed by atoms with Crippen LogP contribution in [0.25, 0.3) is 0 Å². The monoisotopic (exact) mass is 381 g/mol. The van der Waals surface area contributed by atoms with Crippen LogP contribution in [0.5, 0.6) is 0 Å². The summed E-state index contributed by atoms with van der Waals surface area (Å²) in [4.78, 5) is 24.8. The summed E-state index contributed by atoms with van der Waals surface area (Å²) < 4.78 is 1.43. The van der Waals surface area contributed by atoms with Crippen molar-refractivity contribution >= 4 is 11.6 Å². The van der Waals surface area contributed by atoms with E-state index in [-0.39, 0.29) is 24.1 Å². The minimum atomic E-state index is -0.489. The molecule has 1 amide bonds. The fourth-order valence-electron chi connectivity index (χ4n) is 3.03. The Morgan fingerprint density at radius 2 is 1.89 bits per heavy atom. The van der Waals surface area contributed by atoms with Crippen LogP contribution in [0.1, 0.15) is 65.7 Å². The van der Waals surface area contributed by atoms with Crippen LogP contribution in [0.15, 0.2) is 12.4 Å². The first kappa shape index (κ1) is 23.1. The van der Waals surface area contributed by atoms with Crippen molar-refractivity contribution in [2.24, 2.45) is 0 Å². The van der Waals surface area contributed by atoms with Gasteiger partial charge in [0.2, 0.25) is 5.91 Å². The lowest BCUT2D eigenvalue weighted by atomic mass is 10.2. The lowest BCUT2D eigenvalue weighted by Crippen LogP contribution is -2.42. The summed E-state index contributed by atoms with van der Waals surface area (Å²) in [6.07, 6.45) is 10.1. The van der Waals surface area contributed by atoms with Crippen LogP contribution in [0.4, 0.5) is 5.69 Å². The van der Waals surface area contributed by atoms with Crippen molar-refractivity contribution in [1.29, 1.82) is 0 Å². The molecule has 0 saturated carbocycles. The van der Waals surface area contributed by atoms with E-state index in [0.717, 1.165) is 19.6 Å². The van der Waals surface area contributed by atoms with E-state index in [1.807, 2.05) is 6.92 Å². The van der Waals surface area contributed by atoms with Gasteiger partial charge in [0.15, 0.2) is 0 Å². The fraction of sp³-hybridized carbons (Fsp3) is 0.789. The third-order valence-electron chi connectivity index (χ3n) is 4.49. The number of hydrogen-bond donors (Lipinski definition) is 1. The number of aromatic nitrogens is 2. The normalized spacial score (nSPS) is 12.3. The van der Waals surface area contributed by atoms with E-state index >= 15 is 0 Å². The van der Waals surface area contributed by atoms with Gasteiger partial charge in [0.1, 0.15) is 12.4 Å². The molecule has 1 rings (SSSR count). The van der Waals surface area contributed by atoms with Crippen molar-refractivity contribution in [3.05, 3.63) is 22.5 Å². The highest BCUT2D eigenvalue weighted by atomic mass is 16.6. The van der Waals surface area contributed by atoms with Gasteiger partial charge in [-0.2, -0.15) is 5.10 Å². The Morgan fingerprint density at radius 3 is 2.41 bits per heavy atom. The lowest BCUT2D eigenvalue weighted by molar-refractivity contribution is -0.385. The van der Waals surface area contributed by atoms with Crippen LogP contribution in [0.3, 0.4) is 0 Å². The second-order valence-corrected chi connectivity index (χ2v) is 7.15. The first-order chi connectivity index (χ1) is 13.0. The third-order valence-corrected chi connectivity index (χ3v) is 4.49. The van der Waals surface area contributed by atoms with Crippen LogP contribution >= 0.6 is 0 Å². The Morgan fingerprint density at radius 1 is 1.26 bits per heavy atom. The fourth-order valence-corrected chi connectivity index (χ4v) is 3.03. The van der Waals surface area contributed by atoms with Crippen LogP contribution in [-0.2, 0) is 11.3 Å². The molecule has 8 heteroatoms. The molecule has 27 heavy (non-hydrogen) atoms. The minimum Gasteiger partial charge on any atom is -0.352 e. The number of hydrogen-bond acceptors (Lipinski definition) is 5. The third kappa shape index (κ3) is 10.1. The summed E-state index contributed by atoms with van der Waals surface area (Å²) in [6, 6.07) is 0.0766. The van der Waals surface area contributed by atoms with Gasteiger partial charge in [-0.3, -0.25) is 19.6 Å². The molecule has 0 bridgehead atoms. The number of nitro groups is 1. The molecule has 0 aliphatic heterocycles. The summed E-state index contributed by atoms with van der Waals surface area (Å²) in [6.45, 7) is 9.79. The number of aryl methyl sites for hydroxylation is 1. The minimum absolute atomic E-state index is 0.0530. The van der Waals surface area contributed by atoms with E-state index in [4.69, 9.17) is 0 Å². The highest BCUT2D eigenvalue weighted by Gasteiger charge is 2.14. The summed E-state index contributed by atoms with van der Waals surface area (Å²) in [5.74, 6) is -0.0530. The Balaban J connectivity index is 2.37. The molecule has 1 heterocycles. The van der Waals surface area contributed by atoms with E-state index in [1.165, 1.54) is 55.6 Å². The number of carbonyl (C=O) groups is 1. The van der Waals surface area contributed by atoms with Crippen molar-refractivity contribution < 1.29 is 9.72 Å². The van der Waals surface area contributed by atoms with E-state index in [0.29, 0.717) is 6.54 Å². The average Bonchev–Trinajstić information content (AvgIpc) is 3.09. The highest BCUT2D eigenvalue weighted by molar-refractivity contribution is 5.76. The molecule has 0 aliphatic rings. The van der Waals surface area contributed by atoms with Gasteiger partial charge in [-0.25, -0.2) is 0 Å². The van der Waals surface area contributed by atoms with Gasteiger partial charge in [0.05, 0.1) is 4.92 Å². The summed E-state index contributed by atoms with van der Waals surface area (Å²) in [7, 11) is 0. The predicted octanol–water partition coefficient (Wildman–Crippen LogP) is 3.37. The average molecular weight is 382 g/mol. The van der Waals surface area contributed by atoms with Crippen molar-refractivity contribution in [2.75, 3.05) is 19.6 Å². The first-order valence-corrected chi connectivity index (χ1v) is 10.1. The number of carbonyl (C=O) groups excluding carboxylic acids is 1. The highest BCUT2D eigenvalue weighted by Crippen LogP contribution is 2.08. The number of unbranched alkanes of at least 4 members (excludes halogenated alkanes) is 4. The molecule has 0 saturated heterocycles. The van der Waals surface area contributed by atoms with Gasteiger partial charge >= 0.3 is 5.69 Å². The second kappa shape index (κ2) is 13.2. The molecule has 0 unspecified atom stereocenters. The number of nitrogens with zero attached hydrogens (tertiary/aromatic N) is 4. The molecule has 1 aromatic rings. The first-order valence-electron chi connectivity index (χ1n) is 10.1. The summed E-state index contributed by atoms with van der Waals surface area (Å²) in [5.41, 5.74) is -0.0569. The molecule has 1 aromatic heterocycles. The Hall–Kier alpha value is -1.96. The molecule has 154 valence electrons. The molecule has 0 aliphatic carbocycles. The lowest BCUT2D eigenvalue weighted by Gasteiger charge is -2.26. The maximum atomic E-state index is 12.2. The molecule has 0 aromatic carbocycles. The van der Waals surface area contributed by atoms with Crippen molar-refractivity contribution in [3.8, 4) is 0 Å². The van der Waals surface area contributed by atoms with Crippen LogP contribution in [-0.4, -0.2) is 51.2 Å². The predicted molar refractivity (Wildman–Crippen MR) is 107 cm³/mol. The second-order valence-electron chi connectivity index (χ2n) is 7.15. The molecular formula is C19H35N5O3. The Kier molecular flexibility index (Phi) is 11.3. The van der Waals surface area contributed by atoms with Crippen molar-refractivity contribution in [1.82, 2.24) is 20.0 Å². The van der Waals surface area contributed by atoms with E-state index in [2.05, 4.69) is 29.2 Å². The van der Waals surface area contributed by atoms with Crippen molar-refractivity contribution in [3.63, 3.8) is 0 Å².